The Hall–Kier alpha value is -2.96. The molecular formula is C22H19ClF2N2O2. The SMILES string of the molecule is CN.NC(=O)c1cccc(F)c1-c1c(Cl)c(F)cc2c1CC(c1ccccc1)O2. The standard InChI is InChI=1S/C21H14ClF2NO2.CH5N/c22-20-15(24)10-17-13(9-16(27-17)11-5-2-1-3-6-11)19(20)18-12(21(25)26)7-4-8-14(18)23;1-2/h1-8,10,16H,9H2,(H2,25,26);2H2,1H3. The van der Waals surface area contributed by atoms with Gasteiger partial charge in [0.2, 0.25) is 5.91 Å². The van der Waals surface area contributed by atoms with Crippen LogP contribution in [-0.4, -0.2) is 13.0 Å². The van der Waals surface area contributed by atoms with Gasteiger partial charge in [-0.15, -0.1) is 0 Å². The zero-order chi connectivity index (χ0) is 21.1. The monoisotopic (exact) mass is 416 g/mol. The molecule has 1 heterocycles. The molecule has 0 radical (unpaired) electrons. The van der Waals surface area contributed by atoms with Crippen molar-refractivity contribution < 1.29 is 18.3 Å². The number of rotatable bonds is 3. The molecule has 0 spiro atoms. The van der Waals surface area contributed by atoms with E-state index >= 15 is 0 Å². The first-order valence-electron chi connectivity index (χ1n) is 8.86. The second-order valence-corrected chi connectivity index (χ2v) is 6.65. The second kappa shape index (κ2) is 8.59. The van der Waals surface area contributed by atoms with Crippen molar-refractivity contribution in [3.63, 3.8) is 0 Å². The Morgan fingerprint density at radius 2 is 1.72 bits per heavy atom. The quantitative estimate of drug-likeness (QED) is 0.653. The Morgan fingerprint density at radius 3 is 2.38 bits per heavy atom. The molecule has 3 aromatic rings. The molecule has 4 rings (SSSR count). The lowest BCUT2D eigenvalue weighted by molar-refractivity contribution is 0.100. The van der Waals surface area contributed by atoms with Gasteiger partial charge in [0.25, 0.3) is 0 Å². The maximum atomic E-state index is 14.7. The third kappa shape index (κ3) is 3.81. The highest BCUT2D eigenvalue weighted by Crippen LogP contribution is 2.47. The highest BCUT2D eigenvalue weighted by Gasteiger charge is 2.32. The second-order valence-electron chi connectivity index (χ2n) is 6.27. The summed E-state index contributed by atoms with van der Waals surface area (Å²) in [6.07, 6.45) is 0.00270. The first kappa shape index (κ1) is 20.8. The van der Waals surface area contributed by atoms with Crippen molar-refractivity contribution in [3.8, 4) is 16.9 Å². The Labute approximate surface area is 172 Å². The molecule has 1 atom stereocenters. The molecule has 0 saturated carbocycles. The number of fused-ring (bicyclic) bond motifs is 1. The van der Waals surface area contributed by atoms with E-state index in [1.165, 1.54) is 31.3 Å². The third-order valence-electron chi connectivity index (χ3n) is 4.65. The van der Waals surface area contributed by atoms with E-state index in [1.54, 1.807) is 0 Å². The number of carbonyl (C=O) groups excluding carboxylic acids is 1. The number of primary amides is 1. The van der Waals surface area contributed by atoms with Gasteiger partial charge in [0.05, 0.1) is 5.02 Å². The Morgan fingerprint density at radius 1 is 1.03 bits per heavy atom. The van der Waals surface area contributed by atoms with Crippen LogP contribution in [0.1, 0.15) is 27.6 Å². The Bertz CT molecular complexity index is 1060. The minimum absolute atomic E-state index is 0.0622. The lowest BCUT2D eigenvalue weighted by Crippen LogP contribution is -2.13. The van der Waals surface area contributed by atoms with Crippen LogP contribution in [0.2, 0.25) is 5.02 Å². The van der Waals surface area contributed by atoms with Gasteiger partial charge in [0.1, 0.15) is 23.5 Å². The molecule has 7 heteroatoms. The van der Waals surface area contributed by atoms with Gasteiger partial charge in [-0.05, 0) is 24.7 Å². The maximum Gasteiger partial charge on any atom is 0.249 e. The highest BCUT2D eigenvalue weighted by atomic mass is 35.5. The van der Waals surface area contributed by atoms with Crippen LogP contribution in [0, 0.1) is 11.6 Å². The normalized spacial score (nSPS) is 14.4. The van der Waals surface area contributed by atoms with Crippen molar-refractivity contribution in [2.45, 2.75) is 12.5 Å². The van der Waals surface area contributed by atoms with E-state index in [0.717, 1.165) is 5.56 Å². The fraction of sp³-hybridized carbons (Fsp3) is 0.136. The highest BCUT2D eigenvalue weighted by molar-refractivity contribution is 6.34. The lowest BCUT2D eigenvalue weighted by Gasteiger charge is -2.14. The van der Waals surface area contributed by atoms with Gasteiger partial charge < -0.3 is 16.2 Å². The van der Waals surface area contributed by atoms with Crippen LogP contribution in [-0.2, 0) is 6.42 Å². The Balaban J connectivity index is 0.00000117. The summed E-state index contributed by atoms with van der Waals surface area (Å²) in [4.78, 5) is 11.8. The zero-order valence-corrected chi connectivity index (χ0v) is 16.3. The molecule has 0 aromatic heterocycles. The predicted octanol–water partition coefficient (Wildman–Crippen LogP) is 4.64. The lowest BCUT2D eigenvalue weighted by atomic mass is 9.91. The van der Waals surface area contributed by atoms with E-state index in [4.69, 9.17) is 22.1 Å². The molecule has 0 aliphatic carbocycles. The van der Waals surface area contributed by atoms with E-state index < -0.39 is 17.5 Å². The Kier molecular flexibility index (Phi) is 6.15. The number of hydrogen-bond acceptors (Lipinski definition) is 3. The minimum atomic E-state index is -0.822. The average molecular weight is 417 g/mol. The predicted molar refractivity (Wildman–Crippen MR) is 109 cm³/mol. The van der Waals surface area contributed by atoms with E-state index in [-0.39, 0.29) is 33.6 Å². The number of carbonyl (C=O) groups is 1. The number of ether oxygens (including phenoxy) is 1. The molecule has 4 nitrogen and oxygen atoms in total. The van der Waals surface area contributed by atoms with Crippen molar-refractivity contribution in [2.24, 2.45) is 11.5 Å². The first-order valence-corrected chi connectivity index (χ1v) is 9.24. The number of amides is 1. The number of nitrogens with two attached hydrogens (primary N) is 2. The van der Waals surface area contributed by atoms with Crippen molar-refractivity contribution in [1.29, 1.82) is 0 Å². The van der Waals surface area contributed by atoms with E-state index in [0.29, 0.717) is 12.0 Å². The van der Waals surface area contributed by atoms with Crippen LogP contribution >= 0.6 is 11.6 Å². The van der Waals surface area contributed by atoms with Gasteiger partial charge >= 0.3 is 0 Å². The van der Waals surface area contributed by atoms with Crippen LogP contribution in [0.3, 0.4) is 0 Å². The van der Waals surface area contributed by atoms with Gasteiger partial charge in [0, 0.05) is 34.7 Å². The molecular weight excluding hydrogens is 398 g/mol. The maximum absolute atomic E-state index is 14.7. The third-order valence-corrected chi connectivity index (χ3v) is 5.01. The molecule has 1 aliphatic heterocycles. The van der Waals surface area contributed by atoms with Crippen LogP contribution in [0.25, 0.3) is 11.1 Å². The summed E-state index contributed by atoms with van der Waals surface area (Å²) in [5.74, 6) is -2.00. The van der Waals surface area contributed by atoms with Gasteiger partial charge in [-0.2, -0.15) is 0 Å². The topological polar surface area (TPSA) is 78.3 Å². The fourth-order valence-corrected chi connectivity index (χ4v) is 3.69. The molecule has 150 valence electrons. The van der Waals surface area contributed by atoms with E-state index in [1.807, 2.05) is 30.3 Å². The summed E-state index contributed by atoms with van der Waals surface area (Å²) >= 11 is 6.20. The van der Waals surface area contributed by atoms with Gasteiger partial charge in [-0.1, -0.05) is 48.0 Å². The van der Waals surface area contributed by atoms with E-state index in [9.17, 15) is 13.6 Å². The van der Waals surface area contributed by atoms with Crippen molar-refractivity contribution in [2.75, 3.05) is 7.05 Å². The van der Waals surface area contributed by atoms with Crippen LogP contribution in [0.15, 0.2) is 54.6 Å². The summed E-state index contributed by atoms with van der Waals surface area (Å²) in [6, 6.07) is 14.5. The molecule has 4 N–H and O–H groups in total. The van der Waals surface area contributed by atoms with Crippen molar-refractivity contribution in [1.82, 2.24) is 0 Å². The molecule has 0 fully saturated rings. The fourth-order valence-electron chi connectivity index (χ4n) is 3.43. The summed E-state index contributed by atoms with van der Waals surface area (Å²) in [6.45, 7) is 0. The van der Waals surface area contributed by atoms with Crippen molar-refractivity contribution >= 4 is 17.5 Å². The zero-order valence-electron chi connectivity index (χ0n) is 15.6. The van der Waals surface area contributed by atoms with Gasteiger partial charge in [0.15, 0.2) is 0 Å². The molecule has 1 unspecified atom stereocenters. The minimum Gasteiger partial charge on any atom is -0.485 e. The molecule has 3 aromatic carbocycles. The number of halogens is 3. The molecule has 29 heavy (non-hydrogen) atoms. The number of benzene rings is 3. The molecule has 1 aliphatic rings. The summed E-state index contributed by atoms with van der Waals surface area (Å²) in [5, 5.41) is -0.265. The molecule has 1 amide bonds. The van der Waals surface area contributed by atoms with Crippen molar-refractivity contribution in [3.05, 3.63) is 87.9 Å². The van der Waals surface area contributed by atoms with Crippen LogP contribution < -0.4 is 16.2 Å². The largest absolute Gasteiger partial charge is 0.485 e. The summed E-state index contributed by atoms with van der Waals surface area (Å²) < 4.78 is 35.0. The average Bonchev–Trinajstić information content (AvgIpc) is 3.15. The van der Waals surface area contributed by atoms with Crippen LogP contribution in [0.5, 0.6) is 5.75 Å². The smallest absolute Gasteiger partial charge is 0.249 e. The van der Waals surface area contributed by atoms with Gasteiger partial charge in [-0.25, -0.2) is 8.78 Å². The van der Waals surface area contributed by atoms with E-state index in [2.05, 4.69) is 5.73 Å². The number of hydrogen-bond donors (Lipinski definition) is 2. The van der Waals surface area contributed by atoms with Crippen LogP contribution in [0.4, 0.5) is 8.78 Å². The first-order chi connectivity index (χ1) is 14.0. The molecule has 0 bridgehead atoms. The summed E-state index contributed by atoms with van der Waals surface area (Å²) in [5.41, 5.74) is 11.3. The molecule has 0 saturated heterocycles. The van der Waals surface area contributed by atoms with Gasteiger partial charge in [-0.3, -0.25) is 4.79 Å². The summed E-state index contributed by atoms with van der Waals surface area (Å²) in [7, 11) is 1.50.